The van der Waals surface area contributed by atoms with E-state index >= 15 is 0 Å². The van der Waals surface area contributed by atoms with E-state index in [1.165, 1.54) is 5.56 Å². The number of piperidine rings is 1. The van der Waals surface area contributed by atoms with Crippen LogP contribution in [0.25, 0.3) is 0 Å². The van der Waals surface area contributed by atoms with Crippen LogP contribution in [0.4, 0.5) is 0 Å². The molecule has 0 spiro atoms. The van der Waals surface area contributed by atoms with Crippen molar-refractivity contribution in [1.29, 1.82) is 0 Å². The first-order valence-electron chi connectivity index (χ1n) is 8.62. The van der Waals surface area contributed by atoms with Crippen LogP contribution >= 0.6 is 11.3 Å². The van der Waals surface area contributed by atoms with Crippen molar-refractivity contribution in [2.24, 2.45) is 0 Å². The molecule has 0 aliphatic carbocycles. The van der Waals surface area contributed by atoms with E-state index in [0.29, 0.717) is 0 Å². The van der Waals surface area contributed by atoms with Crippen LogP contribution in [0.15, 0.2) is 41.9 Å². The Kier molecular flexibility index (Phi) is 4.14. The van der Waals surface area contributed by atoms with Gasteiger partial charge in [0.1, 0.15) is 5.01 Å². The summed E-state index contributed by atoms with van der Waals surface area (Å²) < 4.78 is 0. The summed E-state index contributed by atoms with van der Waals surface area (Å²) in [6, 6.07) is 11.1. The molecule has 1 aromatic carbocycles. The number of hydrogen-bond acceptors (Lipinski definition) is 4. The third-order valence-corrected chi connectivity index (χ3v) is 6.48. The van der Waals surface area contributed by atoms with Crippen molar-refractivity contribution >= 4 is 17.2 Å². The maximum atomic E-state index is 12.2. The van der Waals surface area contributed by atoms with Gasteiger partial charge < -0.3 is 4.90 Å². The Morgan fingerprint density at radius 3 is 2.79 bits per heavy atom. The zero-order valence-corrected chi connectivity index (χ0v) is 14.8. The van der Waals surface area contributed by atoms with E-state index in [1.54, 1.807) is 18.3 Å². The lowest BCUT2D eigenvalue weighted by atomic mass is 9.69. The van der Waals surface area contributed by atoms with Gasteiger partial charge in [0, 0.05) is 37.0 Å². The van der Waals surface area contributed by atoms with E-state index in [-0.39, 0.29) is 17.4 Å². The number of fused-ring (bicyclic) bond motifs is 1. The Morgan fingerprint density at radius 1 is 1.29 bits per heavy atom. The normalized spacial score (nSPS) is 27.2. The van der Waals surface area contributed by atoms with E-state index in [9.17, 15) is 4.79 Å². The molecule has 0 saturated carbocycles. The van der Waals surface area contributed by atoms with Gasteiger partial charge in [0.05, 0.1) is 12.6 Å². The van der Waals surface area contributed by atoms with Crippen LogP contribution < -0.4 is 0 Å². The van der Waals surface area contributed by atoms with Crippen molar-refractivity contribution in [3.8, 4) is 0 Å². The number of likely N-dealkylation sites (tertiary alicyclic amines) is 2. The highest BCUT2D eigenvalue weighted by molar-refractivity contribution is 7.09. The number of carbonyl (C=O) groups is 1. The molecule has 2 atom stereocenters. The van der Waals surface area contributed by atoms with Crippen molar-refractivity contribution in [3.63, 3.8) is 0 Å². The lowest BCUT2D eigenvalue weighted by Gasteiger charge is -2.46. The van der Waals surface area contributed by atoms with Gasteiger partial charge in [-0.1, -0.05) is 30.3 Å². The minimum absolute atomic E-state index is 0.117. The van der Waals surface area contributed by atoms with E-state index < -0.39 is 0 Å². The van der Waals surface area contributed by atoms with Gasteiger partial charge in [-0.25, -0.2) is 4.98 Å². The van der Waals surface area contributed by atoms with Crippen LogP contribution in [0.3, 0.4) is 0 Å². The van der Waals surface area contributed by atoms with Crippen LogP contribution in [0, 0.1) is 0 Å². The third kappa shape index (κ3) is 2.66. The molecule has 2 aromatic rings. The van der Waals surface area contributed by atoms with Crippen molar-refractivity contribution in [1.82, 2.24) is 14.8 Å². The summed E-state index contributed by atoms with van der Waals surface area (Å²) in [5.41, 5.74) is 1.51. The minimum atomic E-state index is 0.117. The zero-order chi connectivity index (χ0) is 16.6. The number of hydrogen-bond donors (Lipinski definition) is 0. The van der Waals surface area contributed by atoms with Gasteiger partial charge in [0.25, 0.3) is 0 Å². The topological polar surface area (TPSA) is 36.4 Å². The van der Waals surface area contributed by atoms with Gasteiger partial charge in [0.15, 0.2) is 0 Å². The molecule has 2 saturated heterocycles. The Morgan fingerprint density at radius 2 is 2.08 bits per heavy atom. The summed E-state index contributed by atoms with van der Waals surface area (Å²) in [6.45, 7) is 5.48. The van der Waals surface area contributed by atoms with Gasteiger partial charge in [-0.15, -0.1) is 11.3 Å². The van der Waals surface area contributed by atoms with E-state index in [2.05, 4.69) is 45.1 Å². The van der Waals surface area contributed by atoms with Crippen molar-refractivity contribution < 1.29 is 4.79 Å². The lowest BCUT2D eigenvalue weighted by molar-refractivity contribution is -0.131. The second-order valence-corrected chi connectivity index (χ2v) is 7.89. The molecule has 2 aliphatic rings. The number of aromatic nitrogens is 1. The standard InChI is InChI=1S/C19H23N3OS/c1-15(23)22-11-8-19(16-5-3-2-4-6-16)7-10-21(13-17(19)22)14-18-20-9-12-24-18/h2-6,9,12,17H,7-8,10-11,13-14H2,1H3. The first-order chi connectivity index (χ1) is 11.7. The first-order valence-corrected chi connectivity index (χ1v) is 9.50. The highest BCUT2D eigenvalue weighted by Gasteiger charge is 2.51. The molecule has 24 heavy (non-hydrogen) atoms. The quantitative estimate of drug-likeness (QED) is 0.861. The average molecular weight is 341 g/mol. The molecular weight excluding hydrogens is 318 g/mol. The second kappa shape index (κ2) is 6.30. The molecule has 2 unspecified atom stereocenters. The Labute approximate surface area is 147 Å². The summed E-state index contributed by atoms with van der Waals surface area (Å²) in [7, 11) is 0. The smallest absolute Gasteiger partial charge is 0.219 e. The third-order valence-electron chi connectivity index (χ3n) is 5.71. The molecule has 4 rings (SSSR count). The molecule has 126 valence electrons. The lowest BCUT2D eigenvalue weighted by Crippen LogP contribution is -2.56. The molecule has 5 heteroatoms. The largest absolute Gasteiger partial charge is 0.338 e. The monoisotopic (exact) mass is 341 g/mol. The maximum absolute atomic E-state index is 12.2. The number of benzene rings is 1. The number of nitrogens with zero attached hydrogens (tertiary/aromatic N) is 3. The van der Waals surface area contributed by atoms with Gasteiger partial charge in [0.2, 0.25) is 5.91 Å². The van der Waals surface area contributed by atoms with E-state index in [1.807, 2.05) is 11.6 Å². The molecule has 4 nitrogen and oxygen atoms in total. The summed E-state index contributed by atoms with van der Waals surface area (Å²) in [5.74, 6) is 0.203. The maximum Gasteiger partial charge on any atom is 0.219 e. The number of carbonyl (C=O) groups excluding carboxylic acids is 1. The second-order valence-electron chi connectivity index (χ2n) is 6.91. The highest BCUT2D eigenvalue weighted by Crippen LogP contribution is 2.46. The Hall–Kier alpha value is -1.72. The highest BCUT2D eigenvalue weighted by atomic mass is 32.1. The van der Waals surface area contributed by atoms with Crippen LogP contribution in [0.1, 0.15) is 30.3 Å². The average Bonchev–Trinajstić information content (AvgIpc) is 3.23. The molecule has 1 aromatic heterocycles. The van der Waals surface area contributed by atoms with Gasteiger partial charge in [-0.05, 0) is 24.9 Å². The van der Waals surface area contributed by atoms with Crippen molar-refractivity contribution in [2.75, 3.05) is 19.6 Å². The molecule has 2 aliphatic heterocycles. The van der Waals surface area contributed by atoms with Crippen LogP contribution in [0.2, 0.25) is 0 Å². The summed E-state index contributed by atoms with van der Waals surface area (Å²) in [4.78, 5) is 21.2. The Balaban J connectivity index is 1.62. The Bertz CT molecular complexity index is 703. The predicted molar refractivity (Wildman–Crippen MR) is 95.9 cm³/mol. The van der Waals surface area contributed by atoms with E-state index in [0.717, 1.165) is 44.0 Å². The summed E-state index contributed by atoms with van der Waals surface area (Å²) in [6.07, 6.45) is 4.05. The molecule has 0 bridgehead atoms. The van der Waals surface area contributed by atoms with E-state index in [4.69, 9.17) is 0 Å². The molecule has 1 amide bonds. The first kappa shape index (κ1) is 15.8. The van der Waals surface area contributed by atoms with Gasteiger partial charge in [-0.2, -0.15) is 0 Å². The predicted octanol–water partition coefficient (Wildman–Crippen LogP) is 2.91. The van der Waals surface area contributed by atoms with Crippen LogP contribution in [-0.4, -0.2) is 46.4 Å². The number of rotatable bonds is 3. The van der Waals surface area contributed by atoms with Crippen LogP contribution in [-0.2, 0) is 16.8 Å². The zero-order valence-electron chi connectivity index (χ0n) is 14.0. The fourth-order valence-corrected chi connectivity index (χ4v) is 5.15. The van der Waals surface area contributed by atoms with Gasteiger partial charge in [-0.3, -0.25) is 9.69 Å². The van der Waals surface area contributed by atoms with Crippen molar-refractivity contribution in [3.05, 3.63) is 52.5 Å². The molecular formula is C19H23N3OS. The number of thiazole rings is 1. The van der Waals surface area contributed by atoms with Crippen molar-refractivity contribution in [2.45, 2.75) is 37.8 Å². The fourth-order valence-electron chi connectivity index (χ4n) is 4.49. The number of amides is 1. The summed E-state index contributed by atoms with van der Waals surface area (Å²) >= 11 is 1.71. The molecule has 2 fully saturated rings. The molecule has 3 heterocycles. The SMILES string of the molecule is CC(=O)N1CCC2(c3ccccc3)CCN(Cc3nccs3)CC12. The molecule has 0 radical (unpaired) electrons. The molecule has 0 N–H and O–H groups in total. The fraction of sp³-hybridized carbons (Fsp3) is 0.474. The summed E-state index contributed by atoms with van der Waals surface area (Å²) in [5, 5.41) is 3.19. The van der Waals surface area contributed by atoms with Crippen LogP contribution in [0.5, 0.6) is 0 Å². The minimum Gasteiger partial charge on any atom is -0.338 e. The van der Waals surface area contributed by atoms with Gasteiger partial charge >= 0.3 is 0 Å².